The number of aromatic nitrogens is 2. The summed E-state index contributed by atoms with van der Waals surface area (Å²) in [6.07, 6.45) is 1.42. The van der Waals surface area contributed by atoms with Crippen LogP contribution in [0, 0.1) is 0 Å². The van der Waals surface area contributed by atoms with Gasteiger partial charge in [-0.25, -0.2) is 4.98 Å². The van der Waals surface area contributed by atoms with E-state index in [0.29, 0.717) is 29.7 Å². The van der Waals surface area contributed by atoms with Crippen molar-refractivity contribution in [3.05, 3.63) is 73.1 Å². The van der Waals surface area contributed by atoms with Gasteiger partial charge in [0.1, 0.15) is 23.5 Å². The molecular formula is C22H20N4O2. The van der Waals surface area contributed by atoms with E-state index in [9.17, 15) is 0 Å². The Kier molecular flexibility index (Phi) is 4.93. The summed E-state index contributed by atoms with van der Waals surface area (Å²) in [6, 6.07) is 21.5. The zero-order valence-electron chi connectivity index (χ0n) is 15.4. The highest BCUT2D eigenvalue weighted by Gasteiger charge is 2.13. The number of hydrogen-bond acceptors (Lipinski definition) is 6. The fraction of sp³-hybridized carbons (Fsp3) is 0.0909. The smallest absolute Gasteiger partial charge is 0.248 e. The van der Waals surface area contributed by atoms with E-state index >= 15 is 0 Å². The van der Waals surface area contributed by atoms with Gasteiger partial charge in [-0.15, -0.1) is 0 Å². The van der Waals surface area contributed by atoms with Crippen molar-refractivity contribution < 1.29 is 9.47 Å². The van der Waals surface area contributed by atoms with E-state index < -0.39 is 0 Å². The van der Waals surface area contributed by atoms with E-state index in [1.54, 1.807) is 0 Å². The monoisotopic (exact) mass is 372 g/mol. The zero-order valence-corrected chi connectivity index (χ0v) is 15.4. The molecule has 3 N–H and O–H groups in total. The highest BCUT2D eigenvalue weighted by Crippen LogP contribution is 2.35. The standard InChI is InChI=1S/C22H20N4O2/c1-2-27-19-12-6-5-11-17(19)26-21-20(23)22(25-14-24-21)28-18-13-7-9-15-8-3-4-10-16(15)18/h3-14H,2,23H2,1H3,(H,24,25,26). The second kappa shape index (κ2) is 7.84. The molecule has 4 rings (SSSR count). The number of benzene rings is 3. The Hall–Kier alpha value is -3.80. The van der Waals surface area contributed by atoms with Crippen LogP contribution in [0.15, 0.2) is 73.1 Å². The lowest BCUT2D eigenvalue weighted by molar-refractivity contribution is 0.342. The number of fused-ring (bicyclic) bond motifs is 1. The minimum absolute atomic E-state index is 0.294. The average Bonchev–Trinajstić information content (AvgIpc) is 2.73. The number of anilines is 3. The summed E-state index contributed by atoms with van der Waals surface area (Å²) in [5, 5.41) is 5.27. The number of nitrogen functional groups attached to an aromatic ring is 1. The second-order valence-corrected chi connectivity index (χ2v) is 6.07. The SMILES string of the molecule is CCOc1ccccc1Nc1ncnc(Oc2cccc3ccccc23)c1N. The molecule has 0 aliphatic heterocycles. The van der Waals surface area contributed by atoms with Crippen LogP contribution in [-0.2, 0) is 0 Å². The van der Waals surface area contributed by atoms with Crippen LogP contribution in [0.3, 0.4) is 0 Å². The maximum absolute atomic E-state index is 6.29. The molecule has 0 unspecified atom stereocenters. The van der Waals surface area contributed by atoms with Crippen LogP contribution in [0.5, 0.6) is 17.4 Å². The van der Waals surface area contributed by atoms with Crippen molar-refractivity contribution >= 4 is 28.0 Å². The van der Waals surface area contributed by atoms with Crippen LogP contribution < -0.4 is 20.5 Å². The van der Waals surface area contributed by atoms with Crippen molar-refractivity contribution in [1.82, 2.24) is 9.97 Å². The van der Waals surface area contributed by atoms with Crippen molar-refractivity contribution in [3.8, 4) is 17.4 Å². The molecule has 0 radical (unpaired) electrons. The van der Waals surface area contributed by atoms with Gasteiger partial charge < -0.3 is 20.5 Å². The van der Waals surface area contributed by atoms with Crippen molar-refractivity contribution in [1.29, 1.82) is 0 Å². The lowest BCUT2D eigenvalue weighted by atomic mass is 10.1. The third-order valence-electron chi connectivity index (χ3n) is 4.24. The Labute approximate surface area is 163 Å². The van der Waals surface area contributed by atoms with Crippen LogP contribution in [0.4, 0.5) is 17.2 Å². The zero-order chi connectivity index (χ0) is 19.3. The Morgan fingerprint density at radius 3 is 2.54 bits per heavy atom. The lowest BCUT2D eigenvalue weighted by Crippen LogP contribution is -2.04. The van der Waals surface area contributed by atoms with Gasteiger partial charge in [0.25, 0.3) is 0 Å². The number of para-hydroxylation sites is 2. The van der Waals surface area contributed by atoms with Gasteiger partial charge in [-0.3, -0.25) is 0 Å². The molecule has 0 aliphatic carbocycles. The highest BCUT2D eigenvalue weighted by atomic mass is 16.5. The topological polar surface area (TPSA) is 82.3 Å². The highest BCUT2D eigenvalue weighted by molar-refractivity contribution is 5.88. The van der Waals surface area contributed by atoms with Gasteiger partial charge in [-0.1, -0.05) is 48.5 Å². The van der Waals surface area contributed by atoms with Crippen LogP contribution in [-0.4, -0.2) is 16.6 Å². The van der Waals surface area contributed by atoms with Crippen molar-refractivity contribution in [2.75, 3.05) is 17.7 Å². The maximum atomic E-state index is 6.29. The molecule has 1 heterocycles. The molecule has 3 aromatic carbocycles. The minimum Gasteiger partial charge on any atom is -0.492 e. The summed E-state index contributed by atoms with van der Waals surface area (Å²) in [7, 11) is 0. The van der Waals surface area contributed by atoms with Gasteiger partial charge in [-0.05, 0) is 30.5 Å². The quantitative estimate of drug-likeness (QED) is 0.487. The molecule has 0 amide bonds. The third kappa shape index (κ3) is 3.53. The van der Waals surface area contributed by atoms with Crippen LogP contribution in [0.25, 0.3) is 10.8 Å². The van der Waals surface area contributed by atoms with Gasteiger partial charge in [0, 0.05) is 5.39 Å². The average molecular weight is 372 g/mol. The predicted octanol–water partition coefficient (Wildman–Crippen LogP) is 5.15. The summed E-state index contributed by atoms with van der Waals surface area (Å²) in [4.78, 5) is 8.47. The summed E-state index contributed by atoms with van der Waals surface area (Å²) in [6.45, 7) is 2.50. The molecule has 1 aromatic heterocycles. The number of nitrogens with two attached hydrogens (primary N) is 1. The molecule has 0 bridgehead atoms. The Morgan fingerprint density at radius 2 is 1.64 bits per heavy atom. The van der Waals surface area contributed by atoms with Crippen molar-refractivity contribution in [2.24, 2.45) is 0 Å². The molecule has 6 heteroatoms. The minimum atomic E-state index is 0.294. The Balaban J connectivity index is 1.66. The first kappa shape index (κ1) is 17.6. The molecule has 28 heavy (non-hydrogen) atoms. The molecule has 4 aromatic rings. The van der Waals surface area contributed by atoms with E-state index in [1.165, 1.54) is 6.33 Å². The molecule has 140 valence electrons. The summed E-state index contributed by atoms with van der Waals surface area (Å²) in [5.41, 5.74) is 7.38. The number of nitrogens with zero attached hydrogens (tertiary/aromatic N) is 2. The van der Waals surface area contributed by atoms with E-state index in [0.717, 1.165) is 22.2 Å². The van der Waals surface area contributed by atoms with Crippen LogP contribution in [0.2, 0.25) is 0 Å². The fourth-order valence-electron chi connectivity index (χ4n) is 2.93. The summed E-state index contributed by atoms with van der Waals surface area (Å²) >= 11 is 0. The lowest BCUT2D eigenvalue weighted by Gasteiger charge is -2.15. The number of rotatable bonds is 6. The number of ether oxygens (including phenoxy) is 2. The van der Waals surface area contributed by atoms with E-state index in [2.05, 4.69) is 15.3 Å². The molecule has 0 fully saturated rings. The van der Waals surface area contributed by atoms with Gasteiger partial charge >= 0.3 is 0 Å². The van der Waals surface area contributed by atoms with Crippen molar-refractivity contribution in [3.63, 3.8) is 0 Å². The van der Waals surface area contributed by atoms with Gasteiger partial charge in [0.2, 0.25) is 5.88 Å². The van der Waals surface area contributed by atoms with Gasteiger partial charge in [0.05, 0.1) is 12.3 Å². The molecule has 0 spiro atoms. The van der Waals surface area contributed by atoms with Gasteiger partial charge in [0.15, 0.2) is 5.82 Å². The third-order valence-corrected chi connectivity index (χ3v) is 4.24. The number of nitrogens with one attached hydrogen (secondary N) is 1. The first-order valence-electron chi connectivity index (χ1n) is 9.01. The normalized spacial score (nSPS) is 10.6. The molecule has 0 aliphatic rings. The van der Waals surface area contributed by atoms with Crippen LogP contribution in [0.1, 0.15) is 6.92 Å². The second-order valence-electron chi connectivity index (χ2n) is 6.07. The van der Waals surface area contributed by atoms with E-state index in [4.69, 9.17) is 15.2 Å². The molecular weight excluding hydrogens is 352 g/mol. The van der Waals surface area contributed by atoms with Crippen molar-refractivity contribution in [2.45, 2.75) is 6.92 Å². The largest absolute Gasteiger partial charge is 0.492 e. The summed E-state index contributed by atoms with van der Waals surface area (Å²) in [5.74, 6) is 2.16. The predicted molar refractivity (Wildman–Crippen MR) is 111 cm³/mol. The number of hydrogen-bond donors (Lipinski definition) is 2. The van der Waals surface area contributed by atoms with E-state index in [-0.39, 0.29) is 0 Å². The first-order valence-corrected chi connectivity index (χ1v) is 9.01. The van der Waals surface area contributed by atoms with E-state index in [1.807, 2.05) is 73.7 Å². The van der Waals surface area contributed by atoms with Crippen LogP contribution >= 0.6 is 0 Å². The molecule has 0 atom stereocenters. The summed E-state index contributed by atoms with van der Waals surface area (Å²) < 4.78 is 11.7. The maximum Gasteiger partial charge on any atom is 0.248 e. The fourth-order valence-corrected chi connectivity index (χ4v) is 2.93. The molecule has 0 saturated heterocycles. The van der Waals surface area contributed by atoms with Gasteiger partial charge in [-0.2, -0.15) is 4.98 Å². The first-order chi connectivity index (χ1) is 13.8. The molecule has 0 saturated carbocycles. The Bertz CT molecular complexity index is 1110. The Morgan fingerprint density at radius 1 is 0.893 bits per heavy atom. The molecule has 6 nitrogen and oxygen atoms in total.